The predicted octanol–water partition coefficient (Wildman–Crippen LogP) is 3.56. The van der Waals surface area contributed by atoms with Gasteiger partial charge in [0.1, 0.15) is 0 Å². The van der Waals surface area contributed by atoms with Gasteiger partial charge in [0, 0.05) is 10.5 Å². The van der Waals surface area contributed by atoms with Crippen LogP contribution in [0, 0.1) is 0 Å². The molecule has 96 valence electrons. The Bertz CT molecular complexity index is 590. The van der Waals surface area contributed by atoms with Gasteiger partial charge in [0.2, 0.25) is 5.82 Å². The summed E-state index contributed by atoms with van der Waals surface area (Å²) in [4.78, 5) is 16.3. The average Bonchev–Trinajstić information content (AvgIpc) is 2.67. The summed E-state index contributed by atoms with van der Waals surface area (Å²) in [7, 11) is 0. The number of imidazole rings is 1. The van der Waals surface area contributed by atoms with Crippen LogP contribution in [0.2, 0.25) is 0 Å². The molecule has 0 saturated carbocycles. The third-order valence-corrected chi connectivity index (χ3v) is 3.12. The number of hydrogen-bond acceptors (Lipinski definition) is 3. The Morgan fingerprint density at radius 2 is 2.22 bits per heavy atom. The fraction of sp³-hybridized carbons (Fsp3) is 0.385. The van der Waals surface area contributed by atoms with E-state index in [0.29, 0.717) is 12.4 Å². The van der Waals surface area contributed by atoms with Gasteiger partial charge in [-0.1, -0.05) is 15.9 Å². The molecule has 0 saturated heterocycles. The van der Waals surface area contributed by atoms with E-state index in [1.54, 1.807) is 6.92 Å². The number of benzene rings is 1. The summed E-state index contributed by atoms with van der Waals surface area (Å²) in [5.74, 6) is -0.0153. The lowest BCUT2D eigenvalue weighted by Crippen LogP contribution is -2.14. The molecule has 2 aromatic rings. The number of hydrogen-bond donors (Lipinski definition) is 0. The zero-order valence-corrected chi connectivity index (χ0v) is 12.2. The minimum atomic E-state index is -0.376. The van der Waals surface area contributed by atoms with Crippen LogP contribution in [-0.2, 0) is 4.74 Å². The van der Waals surface area contributed by atoms with Crippen molar-refractivity contribution in [1.82, 2.24) is 9.55 Å². The first kappa shape index (κ1) is 13.1. The fourth-order valence-corrected chi connectivity index (χ4v) is 2.28. The summed E-state index contributed by atoms with van der Waals surface area (Å²) in [6, 6.07) is 5.94. The molecule has 5 heteroatoms. The van der Waals surface area contributed by atoms with Crippen molar-refractivity contribution in [2.24, 2.45) is 0 Å². The third-order valence-electron chi connectivity index (χ3n) is 2.63. The Morgan fingerprint density at radius 1 is 1.50 bits per heavy atom. The SMILES string of the molecule is CCOC(=O)c1nc2cc(Br)ccc2n1C(C)C. The standard InChI is InChI=1S/C13H15BrN2O2/c1-4-18-13(17)12-15-10-7-9(14)5-6-11(10)16(12)8(2)3/h5-8H,4H2,1-3H3. The minimum absolute atomic E-state index is 0.149. The van der Waals surface area contributed by atoms with Crippen molar-refractivity contribution in [2.75, 3.05) is 6.61 Å². The number of carbonyl (C=O) groups is 1. The quantitative estimate of drug-likeness (QED) is 0.814. The molecule has 0 bridgehead atoms. The van der Waals surface area contributed by atoms with E-state index in [0.717, 1.165) is 15.5 Å². The van der Waals surface area contributed by atoms with E-state index in [1.165, 1.54) is 0 Å². The topological polar surface area (TPSA) is 44.1 Å². The largest absolute Gasteiger partial charge is 0.460 e. The van der Waals surface area contributed by atoms with E-state index in [1.807, 2.05) is 36.6 Å². The summed E-state index contributed by atoms with van der Waals surface area (Å²) in [6.45, 7) is 6.18. The number of carbonyl (C=O) groups excluding carboxylic acids is 1. The monoisotopic (exact) mass is 310 g/mol. The van der Waals surface area contributed by atoms with Crippen molar-refractivity contribution < 1.29 is 9.53 Å². The van der Waals surface area contributed by atoms with Crippen LogP contribution in [0.1, 0.15) is 37.4 Å². The lowest BCUT2D eigenvalue weighted by atomic mass is 10.3. The number of esters is 1. The number of ether oxygens (including phenoxy) is 1. The molecule has 1 aromatic heterocycles. The molecule has 4 nitrogen and oxygen atoms in total. The van der Waals surface area contributed by atoms with E-state index in [9.17, 15) is 4.79 Å². The van der Waals surface area contributed by atoms with Crippen LogP contribution in [0.25, 0.3) is 11.0 Å². The molecule has 0 spiro atoms. The van der Waals surface area contributed by atoms with Gasteiger partial charge in [-0.2, -0.15) is 0 Å². The van der Waals surface area contributed by atoms with Gasteiger partial charge in [0.15, 0.2) is 0 Å². The van der Waals surface area contributed by atoms with Gasteiger partial charge in [0.25, 0.3) is 0 Å². The van der Waals surface area contributed by atoms with Crippen LogP contribution in [0.3, 0.4) is 0 Å². The van der Waals surface area contributed by atoms with Crippen molar-refractivity contribution in [3.63, 3.8) is 0 Å². The molecular weight excluding hydrogens is 296 g/mol. The van der Waals surface area contributed by atoms with Gasteiger partial charge >= 0.3 is 5.97 Å². The third kappa shape index (κ3) is 2.27. The van der Waals surface area contributed by atoms with Crippen molar-refractivity contribution in [3.8, 4) is 0 Å². The number of nitrogens with zero attached hydrogens (tertiary/aromatic N) is 2. The summed E-state index contributed by atoms with van der Waals surface area (Å²) in [5.41, 5.74) is 1.73. The molecule has 1 heterocycles. The minimum Gasteiger partial charge on any atom is -0.460 e. The molecule has 0 fully saturated rings. The summed E-state index contributed by atoms with van der Waals surface area (Å²) < 4.78 is 7.89. The smallest absolute Gasteiger partial charge is 0.374 e. The van der Waals surface area contributed by atoms with Crippen LogP contribution in [0.15, 0.2) is 22.7 Å². The van der Waals surface area contributed by atoms with E-state index in [4.69, 9.17) is 4.74 Å². The molecule has 0 amide bonds. The van der Waals surface area contributed by atoms with Crippen molar-refractivity contribution in [3.05, 3.63) is 28.5 Å². The molecule has 0 aliphatic heterocycles. The first-order valence-corrected chi connectivity index (χ1v) is 6.68. The maximum absolute atomic E-state index is 11.9. The summed E-state index contributed by atoms with van der Waals surface area (Å²) in [6.07, 6.45) is 0. The highest BCUT2D eigenvalue weighted by Gasteiger charge is 2.20. The average molecular weight is 311 g/mol. The van der Waals surface area contributed by atoms with Gasteiger partial charge in [-0.3, -0.25) is 0 Å². The number of fused-ring (bicyclic) bond motifs is 1. The van der Waals surface area contributed by atoms with Crippen LogP contribution < -0.4 is 0 Å². The molecular formula is C13H15BrN2O2. The number of rotatable bonds is 3. The van der Waals surface area contributed by atoms with Gasteiger partial charge < -0.3 is 9.30 Å². The molecule has 0 N–H and O–H groups in total. The zero-order valence-electron chi connectivity index (χ0n) is 10.6. The first-order valence-electron chi connectivity index (χ1n) is 5.89. The zero-order chi connectivity index (χ0) is 13.3. The van der Waals surface area contributed by atoms with Crippen LogP contribution >= 0.6 is 15.9 Å². The van der Waals surface area contributed by atoms with Crippen molar-refractivity contribution >= 4 is 32.9 Å². The molecule has 0 aliphatic carbocycles. The van der Waals surface area contributed by atoms with Gasteiger partial charge in [-0.05, 0) is 39.0 Å². The van der Waals surface area contributed by atoms with Gasteiger partial charge in [0.05, 0.1) is 17.6 Å². The second kappa shape index (κ2) is 5.10. The number of halogens is 1. The molecule has 0 unspecified atom stereocenters. The van der Waals surface area contributed by atoms with E-state index >= 15 is 0 Å². The second-order valence-corrected chi connectivity index (χ2v) is 5.17. The maximum atomic E-state index is 11.9. The van der Waals surface area contributed by atoms with E-state index in [2.05, 4.69) is 20.9 Å². The maximum Gasteiger partial charge on any atom is 0.374 e. The summed E-state index contributed by atoms with van der Waals surface area (Å²) in [5, 5.41) is 0. The van der Waals surface area contributed by atoms with Crippen molar-refractivity contribution in [2.45, 2.75) is 26.8 Å². The Hall–Kier alpha value is -1.36. The molecule has 18 heavy (non-hydrogen) atoms. The fourth-order valence-electron chi connectivity index (χ4n) is 1.93. The molecule has 1 aromatic carbocycles. The van der Waals surface area contributed by atoms with Gasteiger partial charge in [-0.25, -0.2) is 9.78 Å². The van der Waals surface area contributed by atoms with Crippen LogP contribution in [-0.4, -0.2) is 22.1 Å². The highest BCUT2D eigenvalue weighted by molar-refractivity contribution is 9.10. The lowest BCUT2D eigenvalue weighted by molar-refractivity contribution is 0.0505. The van der Waals surface area contributed by atoms with Crippen molar-refractivity contribution in [1.29, 1.82) is 0 Å². The van der Waals surface area contributed by atoms with Crippen LogP contribution in [0.4, 0.5) is 0 Å². The molecule has 2 rings (SSSR count). The lowest BCUT2D eigenvalue weighted by Gasteiger charge is -2.11. The van der Waals surface area contributed by atoms with Gasteiger partial charge in [-0.15, -0.1) is 0 Å². The van der Waals surface area contributed by atoms with E-state index < -0.39 is 0 Å². The highest BCUT2D eigenvalue weighted by Crippen LogP contribution is 2.24. The highest BCUT2D eigenvalue weighted by atomic mass is 79.9. The summed E-state index contributed by atoms with van der Waals surface area (Å²) >= 11 is 3.41. The normalized spacial score (nSPS) is 11.2. The number of aromatic nitrogens is 2. The first-order chi connectivity index (χ1) is 8.54. The van der Waals surface area contributed by atoms with E-state index in [-0.39, 0.29) is 12.0 Å². The molecule has 0 aliphatic rings. The Kier molecular flexibility index (Phi) is 3.71. The second-order valence-electron chi connectivity index (χ2n) is 4.25. The Morgan fingerprint density at radius 3 is 2.83 bits per heavy atom. The molecule has 0 atom stereocenters. The Balaban J connectivity index is 2.64. The molecule has 0 radical (unpaired) electrons. The predicted molar refractivity (Wildman–Crippen MR) is 73.8 cm³/mol. The Labute approximate surface area is 114 Å². The van der Waals surface area contributed by atoms with Crippen LogP contribution in [0.5, 0.6) is 0 Å².